The van der Waals surface area contributed by atoms with Gasteiger partial charge in [0, 0.05) is 10.0 Å². The Morgan fingerprint density at radius 3 is 2.43 bits per heavy atom. The van der Waals surface area contributed by atoms with E-state index in [4.69, 9.17) is 9.47 Å². The molecule has 0 saturated carbocycles. The normalized spacial score (nSPS) is 11.4. The molecule has 0 heterocycles. The zero-order valence-corrected chi connectivity index (χ0v) is 17.8. The van der Waals surface area contributed by atoms with E-state index in [1.54, 1.807) is 18.2 Å². The van der Waals surface area contributed by atoms with Crippen molar-refractivity contribution in [3.63, 3.8) is 0 Å². The van der Waals surface area contributed by atoms with Gasteiger partial charge < -0.3 is 20.1 Å². The molecule has 2 rings (SSSR count). The molecule has 0 aliphatic carbocycles. The summed E-state index contributed by atoms with van der Waals surface area (Å²) in [7, 11) is 0. The lowest BCUT2D eigenvalue weighted by Crippen LogP contribution is -2.38. The van der Waals surface area contributed by atoms with Gasteiger partial charge in [0.1, 0.15) is 0 Å². The maximum atomic E-state index is 12.2. The van der Waals surface area contributed by atoms with E-state index < -0.39 is 0 Å². The fourth-order valence-electron chi connectivity index (χ4n) is 2.61. The van der Waals surface area contributed by atoms with E-state index in [0.717, 1.165) is 10.0 Å². The van der Waals surface area contributed by atoms with Crippen LogP contribution in [0.1, 0.15) is 42.7 Å². The first-order chi connectivity index (χ1) is 13.4. The van der Waals surface area contributed by atoms with E-state index in [0.29, 0.717) is 30.3 Å². The molecule has 7 heteroatoms. The summed E-state index contributed by atoms with van der Waals surface area (Å²) in [5.74, 6) is 0.741. The average Bonchev–Trinajstić information content (AvgIpc) is 2.67. The highest BCUT2D eigenvalue weighted by Crippen LogP contribution is 2.30. The van der Waals surface area contributed by atoms with Gasteiger partial charge in [0.05, 0.1) is 25.8 Å². The van der Waals surface area contributed by atoms with Crippen LogP contribution in [0.5, 0.6) is 11.5 Å². The van der Waals surface area contributed by atoms with E-state index in [1.807, 2.05) is 45.0 Å². The van der Waals surface area contributed by atoms with Gasteiger partial charge in [0.15, 0.2) is 11.5 Å². The highest BCUT2D eigenvalue weighted by atomic mass is 79.9. The quantitative estimate of drug-likeness (QED) is 0.610. The van der Waals surface area contributed by atoms with Crippen molar-refractivity contribution in [1.82, 2.24) is 10.6 Å². The average molecular weight is 449 g/mol. The smallest absolute Gasteiger partial charge is 0.251 e. The minimum absolute atomic E-state index is 0.106. The molecule has 0 aromatic heterocycles. The highest BCUT2D eigenvalue weighted by Gasteiger charge is 2.14. The fraction of sp³-hybridized carbons (Fsp3) is 0.333. The van der Waals surface area contributed by atoms with Gasteiger partial charge in [-0.15, -0.1) is 0 Å². The molecule has 0 aliphatic heterocycles. The van der Waals surface area contributed by atoms with Crippen molar-refractivity contribution in [2.75, 3.05) is 19.8 Å². The van der Waals surface area contributed by atoms with Crippen molar-refractivity contribution in [3.8, 4) is 11.5 Å². The van der Waals surface area contributed by atoms with Crippen molar-refractivity contribution >= 4 is 27.7 Å². The highest BCUT2D eigenvalue weighted by molar-refractivity contribution is 9.10. The van der Waals surface area contributed by atoms with Gasteiger partial charge in [0.25, 0.3) is 5.91 Å². The summed E-state index contributed by atoms with van der Waals surface area (Å²) in [6, 6.07) is 12.3. The Hall–Kier alpha value is -2.54. The van der Waals surface area contributed by atoms with Crippen molar-refractivity contribution in [3.05, 3.63) is 58.1 Å². The maximum Gasteiger partial charge on any atom is 0.251 e. The summed E-state index contributed by atoms with van der Waals surface area (Å²) >= 11 is 3.32. The summed E-state index contributed by atoms with van der Waals surface area (Å²) in [4.78, 5) is 24.3. The minimum atomic E-state index is -0.302. The Labute approximate surface area is 173 Å². The number of rotatable bonds is 9. The first-order valence-corrected chi connectivity index (χ1v) is 9.96. The topological polar surface area (TPSA) is 76.7 Å². The molecule has 2 aromatic rings. The summed E-state index contributed by atoms with van der Waals surface area (Å²) in [5, 5.41) is 5.50. The second-order valence-electron chi connectivity index (χ2n) is 6.05. The van der Waals surface area contributed by atoms with Crippen LogP contribution in [0.4, 0.5) is 0 Å². The molecule has 0 aliphatic rings. The van der Waals surface area contributed by atoms with Gasteiger partial charge in [-0.1, -0.05) is 28.1 Å². The third-order valence-corrected chi connectivity index (χ3v) is 4.43. The first kappa shape index (κ1) is 21.8. The molecule has 0 radical (unpaired) electrons. The van der Waals surface area contributed by atoms with Crippen LogP contribution in [-0.2, 0) is 4.79 Å². The van der Waals surface area contributed by atoms with Crippen molar-refractivity contribution in [2.24, 2.45) is 0 Å². The van der Waals surface area contributed by atoms with Gasteiger partial charge in [-0.3, -0.25) is 9.59 Å². The third kappa shape index (κ3) is 6.27. The molecule has 2 N–H and O–H groups in total. The minimum Gasteiger partial charge on any atom is -0.490 e. The van der Waals surface area contributed by atoms with Crippen molar-refractivity contribution in [2.45, 2.75) is 26.8 Å². The molecule has 1 atom stereocenters. The van der Waals surface area contributed by atoms with Gasteiger partial charge in [-0.2, -0.15) is 0 Å². The second kappa shape index (κ2) is 10.7. The number of halogens is 1. The van der Waals surface area contributed by atoms with Crippen LogP contribution in [-0.4, -0.2) is 31.6 Å². The van der Waals surface area contributed by atoms with Crippen LogP contribution in [0.25, 0.3) is 0 Å². The molecular weight excluding hydrogens is 424 g/mol. The van der Waals surface area contributed by atoms with Crippen LogP contribution < -0.4 is 20.1 Å². The van der Waals surface area contributed by atoms with Gasteiger partial charge in [-0.25, -0.2) is 0 Å². The van der Waals surface area contributed by atoms with Crippen LogP contribution >= 0.6 is 15.9 Å². The lowest BCUT2D eigenvalue weighted by molar-refractivity contribution is -0.120. The summed E-state index contributed by atoms with van der Waals surface area (Å²) in [6.07, 6.45) is 0. The van der Waals surface area contributed by atoms with E-state index >= 15 is 0 Å². The molecule has 150 valence electrons. The number of amides is 2. The second-order valence-corrected chi connectivity index (χ2v) is 6.97. The number of carbonyl (C=O) groups excluding carboxylic acids is 2. The Bertz CT molecular complexity index is 826. The standard InChI is InChI=1S/C21H25BrN2O4/c1-4-27-18-10-9-15(12-19(18)28-5-2)14(3)24-20(25)13-23-21(26)16-7-6-8-17(22)11-16/h6-12,14H,4-5,13H2,1-3H3,(H,23,26)(H,24,25). The van der Waals surface area contributed by atoms with Crippen LogP contribution in [0.15, 0.2) is 46.9 Å². The number of nitrogens with one attached hydrogen (secondary N) is 2. The molecule has 2 amide bonds. The predicted molar refractivity (Wildman–Crippen MR) is 112 cm³/mol. The van der Waals surface area contributed by atoms with E-state index in [9.17, 15) is 9.59 Å². The largest absolute Gasteiger partial charge is 0.490 e. The Balaban J connectivity index is 1.94. The van der Waals surface area contributed by atoms with Gasteiger partial charge in [-0.05, 0) is 56.7 Å². The number of ether oxygens (including phenoxy) is 2. The molecule has 0 fully saturated rings. The molecule has 6 nitrogen and oxygen atoms in total. The third-order valence-electron chi connectivity index (χ3n) is 3.94. The van der Waals surface area contributed by atoms with Crippen LogP contribution in [0, 0.1) is 0 Å². The number of carbonyl (C=O) groups is 2. The number of benzene rings is 2. The van der Waals surface area contributed by atoms with Crippen LogP contribution in [0.3, 0.4) is 0 Å². The van der Waals surface area contributed by atoms with Gasteiger partial charge >= 0.3 is 0 Å². The maximum absolute atomic E-state index is 12.2. The Morgan fingerprint density at radius 1 is 1.04 bits per heavy atom. The predicted octanol–water partition coefficient (Wildman–Crippen LogP) is 3.85. The lowest BCUT2D eigenvalue weighted by Gasteiger charge is -2.17. The molecule has 0 bridgehead atoms. The van der Waals surface area contributed by atoms with Gasteiger partial charge in [0.2, 0.25) is 5.91 Å². The zero-order valence-electron chi connectivity index (χ0n) is 16.3. The lowest BCUT2D eigenvalue weighted by atomic mass is 10.1. The van der Waals surface area contributed by atoms with Crippen molar-refractivity contribution in [1.29, 1.82) is 0 Å². The van der Waals surface area contributed by atoms with E-state index in [1.165, 1.54) is 0 Å². The number of hydrogen-bond donors (Lipinski definition) is 2. The monoisotopic (exact) mass is 448 g/mol. The molecule has 28 heavy (non-hydrogen) atoms. The summed E-state index contributed by atoms with van der Waals surface area (Å²) in [6.45, 7) is 6.65. The molecule has 1 unspecified atom stereocenters. The SMILES string of the molecule is CCOc1ccc(C(C)NC(=O)CNC(=O)c2cccc(Br)c2)cc1OCC. The van der Waals surface area contributed by atoms with E-state index in [-0.39, 0.29) is 24.4 Å². The van der Waals surface area contributed by atoms with Crippen molar-refractivity contribution < 1.29 is 19.1 Å². The number of hydrogen-bond acceptors (Lipinski definition) is 4. The summed E-state index contributed by atoms with van der Waals surface area (Å²) < 4.78 is 12.0. The Kier molecular flexibility index (Phi) is 8.32. The molecular formula is C21H25BrN2O4. The Morgan fingerprint density at radius 2 is 1.75 bits per heavy atom. The molecule has 0 spiro atoms. The summed E-state index contributed by atoms with van der Waals surface area (Å²) in [5.41, 5.74) is 1.38. The molecule has 2 aromatic carbocycles. The van der Waals surface area contributed by atoms with E-state index in [2.05, 4.69) is 26.6 Å². The van der Waals surface area contributed by atoms with Crippen LogP contribution in [0.2, 0.25) is 0 Å². The zero-order chi connectivity index (χ0) is 20.5. The first-order valence-electron chi connectivity index (χ1n) is 9.17. The fourth-order valence-corrected chi connectivity index (χ4v) is 3.00. The molecule has 0 saturated heterocycles.